The Morgan fingerprint density at radius 3 is 1.16 bits per heavy atom. The summed E-state index contributed by atoms with van der Waals surface area (Å²) in [5, 5.41) is 10.3. The zero-order chi connectivity index (χ0) is 24.4. The fraction of sp³-hybridized carbons (Fsp3) is 0.222. The summed E-state index contributed by atoms with van der Waals surface area (Å²) in [4.78, 5) is 28.7. The van der Waals surface area contributed by atoms with E-state index >= 15 is 0 Å². The molecule has 1 radical (unpaired) electrons. The summed E-state index contributed by atoms with van der Waals surface area (Å²) in [5.74, 6) is 0.0718. The third-order valence-corrected chi connectivity index (χ3v) is 4.76. The molecular weight excluding hydrogens is 556 g/mol. The quantitative estimate of drug-likeness (QED) is 0.288. The van der Waals surface area contributed by atoms with Gasteiger partial charge >= 0.3 is 33.6 Å². The van der Waals surface area contributed by atoms with Crippen molar-refractivity contribution in [1.82, 2.24) is 19.9 Å². The maximum atomic E-state index is 10.3. The first-order valence-electron chi connectivity index (χ1n) is 11.5. The van der Waals surface area contributed by atoms with E-state index in [0.717, 1.165) is 36.1 Å². The molecule has 0 spiro atoms. The summed E-state index contributed by atoms with van der Waals surface area (Å²) in [6.45, 7) is 4.53. The molecule has 0 aliphatic heterocycles. The third-order valence-electron chi connectivity index (χ3n) is 4.76. The zero-order valence-corrected chi connectivity index (χ0v) is 22.3. The normalized spacial score (nSPS) is 11.8. The van der Waals surface area contributed by atoms with Gasteiger partial charge in [-0.05, 0) is 39.3 Å². The Hall–Kier alpha value is -3.16. The molecule has 0 atom stereocenters. The van der Waals surface area contributed by atoms with Crippen LogP contribution in [0.5, 0.6) is 5.75 Å². The van der Waals surface area contributed by atoms with Crippen molar-refractivity contribution >= 4 is 0 Å². The monoisotopic (exact) mass is 585 g/mol. The van der Waals surface area contributed by atoms with Gasteiger partial charge in [-0.15, -0.1) is 5.75 Å². The summed E-state index contributed by atoms with van der Waals surface area (Å²) in [6, 6.07) is 25.6. The molecule has 4 rings (SSSR count). The molecule has 10 heteroatoms. The van der Waals surface area contributed by atoms with Gasteiger partial charge in [-0.1, -0.05) is 120 Å². The van der Waals surface area contributed by atoms with Crippen LogP contribution in [0.4, 0.5) is 0 Å². The number of benzene rings is 1. The van der Waals surface area contributed by atoms with Gasteiger partial charge in [0.05, 0.1) is 0 Å². The topological polar surface area (TPSA) is 106 Å². The molecule has 0 fully saturated rings. The fourth-order valence-corrected chi connectivity index (χ4v) is 3.02. The maximum Gasteiger partial charge on any atom is 3.00 e. The summed E-state index contributed by atoms with van der Waals surface area (Å²) in [7, 11) is 0. The van der Waals surface area contributed by atoms with Crippen molar-refractivity contribution in [2.45, 2.75) is 0 Å². The van der Waals surface area contributed by atoms with Crippen LogP contribution >= 0.6 is 0 Å². The summed E-state index contributed by atoms with van der Waals surface area (Å²) < 4.78 is 0. The van der Waals surface area contributed by atoms with E-state index in [9.17, 15) is 5.11 Å². The van der Waals surface area contributed by atoms with Crippen LogP contribution < -0.4 is 36.5 Å². The van der Waals surface area contributed by atoms with Gasteiger partial charge in [-0.2, -0.15) is 0 Å². The Morgan fingerprint density at radius 1 is 0.541 bits per heavy atom. The second-order valence-corrected chi connectivity index (χ2v) is 7.36. The summed E-state index contributed by atoms with van der Waals surface area (Å²) in [6.07, 6.45) is 5.27. The van der Waals surface area contributed by atoms with Crippen molar-refractivity contribution in [3.63, 3.8) is 0 Å². The van der Waals surface area contributed by atoms with Gasteiger partial charge in [0.25, 0.3) is 0 Å². The molecule has 1 aromatic carbocycles. The molecule has 3 heterocycles. The zero-order valence-electron chi connectivity index (χ0n) is 20.3. The van der Waals surface area contributed by atoms with E-state index in [1.54, 1.807) is 30.7 Å². The Balaban J connectivity index is 0.000000660. The van der Waals surface area contributed by atoms with Crippen molar-refractivity contribution in [2.75, 3.05) is 39.3 Å². The van der Waals surface area contributed by atoms with Gasteiger partial charge in [0.15, 0.2) is 0 Å². The van der Waals surface area contributed by atoms with Gasteiger partial charge in [0, 0.05) is 0 Å². The van der Waals surface area contributed by atoms with E-state index in [1.807, 2.05) is 60.7 Å². The molecule has 8 nitrogen and oxygen atoms in total. The van der Waals surface area contributed by atoms with Crippen LogP contribution in [-0.4, -0.2) is 44.2 Å². The number of aromatic nitrogens is 3. The van der Waals surface area contributed by atoms with Crippen molar-refractivity contribution in [3.05, 3.63) is 120 Å². The number of pyridine rings is 3. The molecule has 3 aromatic heterocycles. The summed E-state index contributed by atoms with van der Waals surface area (Å²) in [5.41, 5.74) is 2.29. The molecular formula is C27H29Co2N7O+. The molecule has 0 saturated heterocycles. The first-order chi connectivity index (χ1) is 17.3. The average Bonchev–Trinajstić information content (AvgIpc) is 2.91. The van der Waals surface area contributed by atoms with Gasteiger partial charge < -0.3 is 39.9 Å². The SMILES string of the molecule is [Co+2].[Co+3].[O-]c1ccccc1.c1ccc(=NCCN(CCN=c2cccc[n-]2)CCN=c2cccc[n-]2)[n-]c1. The second-order valence-electron chi connectivity index (χ2n) is 7.36. The van der Waals surface area contributed by atoms with Gasteiger partial charge in [-0.25, -0.2) is 0 Å². The van der Waals surface area contributed by atoms with Crippen molar-refractivity contribution in [3.8, 4) is 5.75 Å². The standard InChI is InChI=1S/C21H24N7.C6H6O.2Co/c1-4-10-22-19(7-1)25-13-16-28(17-14-26-20-8-2-5-11-23-20)18-15-27-21-9-3-6-12-24-21;7-6-4-2-1-3-5-6;;/h1-12H,13-18H2;1-5,7H;;/q-3;;+2;+3/p-1. The van der Waals surface area contributed by atoms with Crippen LogP contribution in [0.25, 0.3) is 0 Å². The molecule has 4 aromatic rings. The number of rotatable bonds is 9. The van der Waals surface area contributed by atoms with Crippen LogP contribution in [0, 0.1) is 0 Å². The maximum absolute atomic E-state index is 10.3. The van der Waals surface area contributed by atoms with Gasteiger partial charge in [0.1, 0.15) is 0 Å². The van der Waals surface area contributed by atoms with Crippen LogP contribution in [0.15, 0.2) is 118 Å². The molecule has 195 valence electrons. The van der Waals surface area contributed by atoms with E-state index < -0.39 is 0 Å². The number of nitrogens with zero attached hydrogens (tertiary/aromatic N) is 7. The minimum Gasteiger partial charge on any atom is -0.872 e. The van der Waals surface area contributed by atoms with E-state index in [1.165, 1.54) is 12.1 Å². The van der Waals surface area contributed by atoms with E-state index in [-0.39, 0.29) is 39.3 Å². The molecule has 0 saturated carbocycles. The fourth-order valence-electron chi connectivity index (χ4n) is 3.02. The molecule has 0 amide bonds. The smallest absolute Gasteiger partial charge is 0.872 e. The number of hydrogen-bond donors (Lipinski definition) is 0. The molecule has 37 heavy (non-hydrogen) atoms. The molecule has 0 unspecified atom stereocenters. The summed E-state index contributed by atoms with van der Waals surface area (Å²) >= 11 is 0. The second kappa shape index (κ2) is 20.0. The van der Waals surface area contributed by atoms with Gasteiger partial charge in [0.2, 0.25) is 0 Å². The van der Waals surface area contributed by atoms with E-state index in [4.69, 9.17) is 0 Å². The predicted octanol–water partition coefficient (Wildman–Crippen LogP) is 0.718. The third kappa shape index (κ3) is 14.2. The van der Waals surface area contributed by atoms with Crippen molar-refractivity contribution < 1.29 is 38.7 Å². The van der Waals surface area contributed by atoms with Crippen molar-refractivity contribution in [2.24, 2.45) is 15.0 Å². The first kappa shape index (κ1) is 31.9. The van der Waals surface area contributed by atoms with Crippen LogP contribution in [0.1, 0.15) is 0 Å². The van der Waals surface area contributed by atoms with Crippen LogP contribution in [0.3, 0.4) is 0 Å². The predicted molar refractivity (Wildman–Crippen MR) is 133 cm³/mol. The van der Waals surface area contributed by atoms with E-state index in [2.05, 4.69) is 34.8 Å². The van der Waals surface area contributed by atoms with Crippen molar-refractivity contribution in [1.29, 1.82) is 0 Å². The minimum atomic E-state index is 0. The molecule has 0 aliphatic rings. The Morgan fingerprint density at radius 2 is 0.892 bits per heavy atom. The average molecular weight is 585 g/mol. The number of para-hydroxylation sites is 1. The van der Waals surface area contributed by atoms with E-state index in [0.29, 0.717) is 19.6 Å². The van der Waals surface area contributed by atoms with Crippen LogP contribution in [-0.2, 0) is 33.6 Å². The molecule has 0 bridgehead atoms. The Labute approximate surface area is 237 Å². The minimum absolute atomic E-state index is 0. The van der Waals surface area contributed by atoms with Crippen LogP contribution in [0.2, 0.25) is 0 Å². The molecule has 0 aliphatic carbocycles. The first-order valence-corrected chi connectivity index (χ1v) is 11.5. The Kier molecular flexibility index (Phi) is 17.2. The Bertz CT molecular complexity index is 1120. The molecule has 0 N–H and O–H groups in total. The largest absolute Gasteiger partial charge is 3.00 e. The number of hydrogen-bond acceptors (Lipinski definition) is 5. The van der Waals surface area contributed by atoms with Gasteiger partial charge in [-0.3, -0.25) is 0 Å².